The van der Waals surface area contributed by atoms with Crippen molar-refractivity contribution in [2.24, 2.45) is 0 Å². The maximum Gasteiger partial charge on any atom is 0.150 e. The fraction of sp³-hybridized carbons (Fsp3) is 0.533. The molecule has 0 aliphatic carbocycles. The molecule has 0 aromatic heterocycles. The van der Waals surface area contributed by atoms with E-state index in [9.17, 15) is 4.79 Å². The van der Waals surface area contributed by atoms with E-state index in [0.29, 0.717) is 11.6 Å². The standard InChI is InChI=1S/C15H21NO2/c1-16-10-3-2-4-14(16)9-11-18-15-7-5-13(12-17)6-8-15/h5-8,12,14H,2-4,9-11H2,1H3. The Morgan fingerprint density at radius 3 is 2.78 bits per heavy atom. The molecule has 0 amide bonds. The summed E-state index contributed by atoms with van der Waals surface area (Å²) in [5.74, 6) is 0.846. The molecule has 98 valence electrons. The maximum atomic E-state index is 10.5. The highest BCUT2D eigenvalue weighted by Gasteiger charge is 2.18. The second kappa shape index (κ2) is 6.55. The first-order chi connectivity index (χ1) is 8.79. The van der Waals surface area contributed by atoms with Gasteiger partial charge in [-0.3, -0.25) is 4.79 Å². The van der Waals surface area contributed by atoms with E-state index in [4.69, 9.17) is 4.74 Å². The number of rotatable bonds is 5. The first-order valence-corrected chi connectivity index (χ1v) is 6.68. The van der Waals surface area contributed by atoms with Crippen LogP contribution in [0.3, 0.4) is 0 Å². The highest BCUT2D eigenvalue weighted by molar-refractivity contribution is 5.74. The minimum Gasteiger partial charge on any atom is -0.494 e. The summed E-state index contributed by atoms with van der Waals surface area (Å²) in [6.45, 7) is 1.95. The molecule has 1 atom stereocenters. The second-order valence-electron chi connectivity index (χ2n) is 4.95. The zero-order valence-corrected chi connectivity index (χ0v) is 11.0. The van der Waals surface area contributed by atoms with E-state index in [1.165, 1.54) is 25.8 Å². The van der Waals surface area contributed by atoms with Crippen molar-refractivity contribution in [3.63, 3.8) is 0 Å². The van der Waals surface area contributed by atoms with Crippen LogP contribution >= 0.6 is 0 Å². The van der Waals surface area contributed by atoms with Crippen molar-refractivity contribution in [3.05, 3.63) is 29.8 Å². The van der Waals surface area contributed by atoms with Crippen molar-refractivity contribution >= 4 is 6.29 Å². The van der Waals surface area contributed by atoms with Gasteiger partial charge in [-0.05, 0) is 57.1 Å². The Morgan fingerprint density at radius 2 is 2.11 bits per heavy atom. The van der Waals surface area contributed by atoms with Crippen LogP contribution in [-0.2, 0) is 0 Å². The number of piperidine rings is 1. The van der Waals surface area contributed by atoms with Crippen molar-refractivity contribution in [1.82, 2.24) is 4.90 Å². The van der Waals surface area contributed by atoms with Crippen LogP contribution in [-0.4, -0.2) is 37.4 Å². The topological polar surface area (TPSA) is 29.5 Å². The maximum absolute atomic E-state index is 10.5. The SMILES string of the molecule is CN1CCCCC1CCOc1ccc(C=O)cc1. The van der Waals surface area contributed by atoms with Gasteiger partial charge in [0.05, 0.1) is 6.61 Å². The molecule has 1 heterocycles. The fourth-order valence-corrected chi connectivity index (χ4v) is 2.46. The van der Waals surface area contributed by atoms with E-state index in [0.717, 1.165) is 25.1 Å². The molecule has 1 aliphatic heterocycles. The minimum absolute atomic E-state index is 0.660. The molecule has 18 heavy (non-hydrogen) atoms. The van der Waals surface area contributed by atoms with Gasteiger partial charge in [-0.1, -0.05) is 6.42 Å². The monoisotopic (exact) mass is 247 g/mol. The number of aldehydes is 1. The van der Waals surface area contributed by atoms with Crippen LogP contribution in [0.4, 0.5) is 0 Å². The summed E-state index contributed by atoms with van der Waals surface area (Å²) < 4.78 is 5.71. The second-order valence-corrected chi connectivity index (χ2v) is 4.95. The molecule has 0 spiro atoms. The van der Waals surface area contributed by atoms with Crippen molar-refractivity contribution < 1.29 is 9.53 Å². The third-order valence-corrected chi connectivity index (χ3v) is 3.66. The minimum atomic E-state index is 0.660. The van der Waals surface area contributed by atoms with E-state index in [1.54, 1.807) is 12.1 Å². The molecule has 1 aromatic carbocycles. The summed E-state index contributed by atoms with van der Waals surface area (Å²) in [4.78, 5) is 13.0. The zero-order valence-electron chi connectivity index (χ0n) is 11.0. The number of carbonyl (C=O) groups is 1. The van der Waals surface area contributed by atoms with Gasteiger partial charge in [0.2, 0.25) is 0 Å². The van der Waals surface area contributed by atoms with Crippen molar-refractivity contribution in [3.8, 4) is 5.75 Å². The van der Waals surface area contributed by atoms with E-state index in [-0.39, 0.29) is 0 Å². The van der Waals surface area contributed by atoms with Crippen molar-refractivity contribution in [2.75, 3.05) is 20.2 Å². The van der Waals surface area contributed by atoms with Gasteiger partial charge < -0.3 is 9.64 Å². The summed E-state index contributed by atoms with van der Waals surface area (Å²) >= 11 is 0. The third-order valence-electron chi connectivity index (χ3n) is 3.66. The van der Waals surface area contributed by atoms with Gasteiger partial charge in [-0.25, -0.2) is 0 Å². The molecule has 1 aliphatic rings. The normalized spacial score (nSPS) is 20.6. The van der Waals surface area contributed by atoms with Crippen LogP contribution in [0.2, 0.25) is 0 Å². The number of hydrogen-bond acceptors (Lipinski definition) is 3. The zero-order chi connectivity index (χ0) is 12.8. The molecule has 2 rings (SSSR count). The van der Waals surface area contributed by atoms with E-state index < -0.39 is 0 Å². The number of nitrogens with zero attached hydrogens (tertiary/aromatic N) is 1. The Kier molecular flexibility index (Phi) is 4.76. The lowest BCUT2D eigenvalue weighted by Gasteiger charge is -2.32. The van der Waals surface area contributed by atoms with Gasteiger partial charge in [-0.2, -0.15) is 0 Å². The van der Waals surface area contributed by atoms with Gasteiger partial charge >= 0.3 is 0 Å². The molecule has 0 saturated carbocycles. The number of hydrogen-bond donors (Lipinski definition) is 0. The molecule has 0 N–H and O–H groups in total. The average Bonchev–Trinajstić information content (AvgIpc) is 2.42. The van der Waals surface area contributed by atoms with E-state index >= 15 is 0 Å². The first-order valence-electron chi connectivity index (χ1n) is 6.68. The van der Waals surface area contributed by atoms with Crippen molar-refractivity contribution in [2.45, 2.75) is 31.7 Å². The number of carbonyl (C=O) groups excluding carboxylic acids is 1. The van der Waals surface area contributed by atoms with Gasteiger partial charge in [-0.15, -0.1) is 0 Å². The van der Waals surface area contributed by atoms with Crippen LogP contribution in [0.15, 0.2) is 24.3 Å². The van der Waals surface area contributed by atoms with Gasteiger partial charge in [0, 0.05) is 11.6 Å². The first kappa shape index (κ1) is 13.1. The van der Waals surface area contributed by atoms with Gasteiger partial charge in [0.25, 0.3) is 0 Å². The number of ether oxygens (including phenoxy) is 1. The predicted molar refractivity (Wildman–Crippen MR) is 72.2 cm³/mol. The Bertz CT molecular complexity index is 375. The largest absolute Gasteiger partial charge is 0.494 e. The van der Waals surface area contributed by atoms with Crippen LogP contribution in [0.5, 0.6) is 5.75 Å². The number of likely N-dealkylation sites (tertiary alicyclic amines) is 1. The lowest BCUT2D eigenvalue weighted by atomic mass is 10.0. The smallest absolute Gasteiger partial charge is 0.150 e. The molecule has 3 nitrogen and oxygen atoms in total. The summed E-state index contributed by atoms with van der Waals surface area (Å²) in [5.41, 5.74) is 0.689. The molecule has 3 heteroatoms. The molecule has 1 fully saturated rings. The molecule has 0 radical (unpaired) electrons. The lowest BCUT2D eigenvalue weighted by Crippen LogP contribution is -2.37. The van der Waals surface area contributed by atoms with Crippen LogP contribution in [0, 0.1) is 0 Å². The summed E-state index contributed by atoms with van der Waals surface area (Å²) in [6, 6.07) is 7.94. The summed E-state index contributed by atoms with van der Waals surface area (Å²) in [7, 11) is 2.20. The highest BCUT2D eigenvalue weighted by Crippen LogP contribution is 2.18. The quantitative estimate of drug-likeness (QED) is 0.749. The Hall–Kier alpha value is -1.35. The number of benzene rings is 1. The van der Waals surface area contributed by atoms with Crippen molar-refractivity contribution in [1.29, 1.82) is 0 Å². The van der Waals surface area contributed by atoms with Gasteiger partial charge in [0.1, 0.15) is 12.0 Å². The Labute approximate surface area is 109 Å². The summed E-state index contributed by atoms with van der Waals surface area (Å²) in [6.07, 6.45) is 5.86. The predicted octanol–water partition coefficient (Wildman–Crippen LogP) is 2.75. The Balaban J connectivity index is 1.75. The Morgan fingerprint density at radius 1 is 1.33 bits per heavy atom. The molecule has 1 aromatic rings. The fourth-order valence-electron chi connectivity index (χ4n) is 2.46. The van der Waals surface area contributed by atoms with Crippen LogP contribution in [0.1, 0.15) is 36.0 Å². The lowest BCUT2D eigenvalue weighted by molar-refractivity contribution is 0.112. The molecule has 1 unspecified atom stereocenters. The van der Waals surface area contributed by atoms with E-state index in [2.05, 4.69) is 11.9 Å². The van der Waals surface area contributed by atoms with Crippen LogP contribution in [0.25, 0.3) is 0 Å². The molecular formula is C15H21NO2. The van der Waals surface area contributed by atoms with Gasteiger partial charge in [0.15, 0.2) is 0 Å². The van der Waals surface area contributed by atoms with Crippen LogP contribution < -0.4 is 4.74 Å². The molecule has 0 bridgehead atoms. The van der Waals surface area contributed by atoms with E-state index in [1.807, 2.05) is 12.1 Å². The average molecular weight is 247 g/mol. The molecular weight excluding hydrogens is 226 g/mol. The third kappa shape index (κ3) is 3.57. The molecule has 1 saturated heterocycles. The summed E-state index contributed by atoms with van der Waals surface area (Å²) in [5, 5.41) is 0. The highest BCUT2D eigenvalue weighted by atomic mass is 16.5.